The Balaban J connectivity index is 1.14. The van der Waals surface area contributed by atoms with Gasteiger partial charge in [0.2, 0.25) is 12.7 Å². The molecule has 182 valence electrons. The van der Waals surface area contributed by atoms with Crippen LogP contribution in [0.2, 0.25) is 0 Å². The molecule has 10 heteroatoms. The van der Waals surface area contributed by atoms with Gasteiger partial charge < -0.3 is 24.4 Å². The highest BCUT2D eigenvalue weighted by atomic mass is 16.7. The average molecular weight is 478 g/mol. The van der Waals surface area contributed by atoms with Crippen molar-refractivity contribution in [1.82, 2.24) is 19.6 Å². The molecule has 35 heavy (non-hydrogen) atoms. The van der Waals surface area contributed by atoms with Crippen LogP contribution in [-0.2, 0) is 13.6 Å². The number of nitrogens with zero attached hydrogens (tertiary/aromatic N) is 4. The molecule has 0 unspecified atom stereocenters. The Morgan fingerprint density at radius 1 is 1.03 bits per heavy atom. The van der Waals surface area contributed by atoms with Gasteiger partial charge in [0.1, 0.15) is 5.56 Å². The van der Waals surface area contributed by atoms with Crippen LogP contribution in [0, 0.1) is 0 Å². The van der Waals surface area contributed by atoms with Crippen LogP contribution in [0.4, 0.5) is 5.69 Å². The number of methoxy groups -OCH3 is 1. The third-order valence-electron chi connectivity index (χ3n) is 6.13. The molecule has 10 nitrogen and oxygen atoms in total. The van der Waals surface area contributed by atoms with Crippen LogP contribution in [0.3, 0.4) is 0 Å². The first kappa shape index (κ1) is 22.7. The number of ether oxygens (including phenoxy) is 3. The fourth-order valence-electron chi connectivity index (χ4n) is 4.26. The summed E-state index contributed by atoms with van der Waals surface area (Å²) < 4.78 is 17.5. The lowest BCUT2D eigenvalue weighted by atomic mass is 10.1. The second-order valence-electron chi connectivity index (χ2n) is 8.51. The van der Waals surface area contributed by atoms with E-state index in [0.717, 1.165) is 36.7 Å². The Morgan fingerprint density at radius 3 is 2.51 bits per heavy atom. The summed E-state index contributed by atoms with van der Waals surface area (Å²) in [5.74, 6) is 1.49. The van der Waals surface area contributed by atoms with E-state index >= 15 is 0 Å². The van der Waals surface area contributed by atoms with Crippen LogP contribution >= 0.6 is 0 Å². The molecule has 0 atom stereocenters. The van der Waals surface area contributed by atoms with Gasteiger partial charge in [-0.2, -0.15) is 0 Å². The molecule has 1 fully saturated rings. The lowest BCUT2D eigenvalue weighted by molar-refractivity contribution is 0.0628. The third kappa shape index (κ3) is 4.92. The van der Waals surface area contributed by atoms with Gasteiger partial charge in [-0.25, -0.2) is 0 Å². The van der Waals surface area contributed by atoms with Crippen molar-refractivity contribution in [3.05, 3.63) is 65.4 Å². The number of piperazine rings is 1. The number of fused-ring (bicyclic) bond motifs is 1. The second-order valence-corrected chi connectivity index (χ2v) is 8.51. The first-order valence-electron chi connectivity index (χ1n) is 11.4. The highest BCUT2D eigenvalue weighted by Crippen LogP contribution is 2.33. The van der Waals surface area contributed by atoms with Gasteiger partial charge in [0, 0.05) is 57.2 Å². The van der Waals surface area contributed by atoms with E-state index in [9.17, 15) is 9.59 Å². The highest BCUT2D eigenvalue weighted by molar-refractivity contribution is 6.06. The van der Waals surface area contributed by atoms with Crippen molar-refractivity contribution in [2.24, 2.45) is 7.05 Å². The number of amides is 2. The quantitative estimate of drug-likeness (QED) is 0.582. The van der Waals surface area contributed by atoms with E-state index in [1.165, 1.54) is 11.8 Å². The number of hydrogen-bond acceptors (Lipinski definition) is 7. The summed E-state index contributed by atoms with van der Waals surface area (Å²) in [5.41, 5.74) is 2.68. The van der Waals surface area contributed by atoms with Gasteiger partial charge in [0.25, 0.3) is 11.8 Å². The molecule has 0 radical (unpaired) electrons. The summed E-state index contributed by atoms with van der Waals surface area (Å²) in [7, 11) is 3.19. The topological polar surface area (TPSA) is 98.2 Å². The Bertz CT molecular complexity index is 1230. The summed E-state index contributed by atoms with van der Waals surface area (Å²) in [6.07, 6.45) is 1.60. The maximum atomic E-state index is 13.0. The van der Waals surface area contributed by atoms with Gasteiger partial charge >= 0.3 is 0 Å². The molecular weight excluding hydrogens is 450 g/mol. The summed E-state index contributed by atoms with van der Waals surface area (Å²) in [6, 6.07) is 12.9. The molecule has 0 bridgehead atoms. The predicted octanol–water partition coefficient (Wildman–Crippen LogP) is 2.37. The molecule has 2 aliphatic rings. The van der Waals surface area contributed by atoms with Crippen molar-refractivity contribution < 1.29 is 23.8 Å². The maximum Gasteiger partial charge on any atom is 0.262 e. The summed E-state index contributed by atoms with van der Waals surface area (Å²) in [5, 5.41) is 6.91. The van der Waals surface area contributed by atoms with E-state index in [0.29, 0.717) is 29.9 Å². The second kappa shape index (κ2) is 9.67. The first-order valence-corrected chi connectivity index (χ1v) is 11.4. The molecule has 0 aliphatic carbocycles. The lowest BCUT2D eigenvalue weighted by Crippen LogP contribution is -2.48. The minimum Gasteiger partial charge on any atom is -0.479 e. The molecule has 5 rings (SSSR count). The Kier molecular flexibility index (Phi) is 6.28. The van der Waals surface area contributed by atoms with Crippen molar-refractivity contribution in [2.45, 2.75) is 6.54 Å². The van der Waals surface area contributed by atoms with E-state index in [1.807, 2.05) is 17.0 Å². The lowest BCUT2D eigenvalue weighted by Gasteiger charge is -2.34. The smallest absolute Gasteiger partial charge is 0.262 e. The molecule has 2 aromatic carbocycles. The molecular formula is C25H27N5O5. The Morgan fingerprint density at radius 2 is 1.77 bits per heavy atom. The molecule has 1 saturated heterocycles. The first-order chi connectivity index (χ1) is 17.0. The van der Waals surface area contributed by atoms with Crippen LogP contribution in [-0.4, -0.2) is 71.5 Å². The fraction of sp³-hybridized carbons (Fsp3) is 0.320. The van der Waals surface area contributed by atoms with Crippen molar-refractivity contribution in [3.63, 3.8) is 0 Å². The van der Waals surface area contributed by atoms with Crippen molar-refractivity contribution >= 4 is 17.5 Å². The maximum absolute atomic E-state index is 13.0. The largest absolute Gasteiger partial charge is 0.479 e. The van der Waals surface area contributed by atoms with Gasteiger partial charge in [-0.05, 0) is 42.0 Å². The molecule has 0 spiro atoms. The van der Waals surface area contributed by atoms with Gasteiger partial charge in [-0.15, -0.1) is 5.10 Å². The molecule has 3 heterocycles. The fourth-order valence-corrected chi connectivity index (χ4v) is 4.26. The molecule has 0 saturated carbocycles. The van der Waals surface area contributed by atoms with E-state index in [4.69, 9.17) is 14.2 Å². The van der Waals surface area contributed by atoms with Gasteiger partial charge in [0.05, 0.1) is 7.11 Å². The summed E-state index contributed by atoms with van der Waals surface area (Å²) >= 11 is 0. The zero-order valence-electron chi connectivity index (χ0n) is 19.7. The Hall–Kier alpha value is -4.05. The number of nitrogens with one attached hydrogen (secondary N) is 1. The third-order valence-corrected chi connectivity index (χ3v) is 6.13. The number of hydrogen-bond donors (Lipinski definition) is 1. The normalized spacial score (nSPS) is 15.2. The van der Waals surface area contributed by atoms with Crippen molar-refractivity contribution in [2.75, 3.05) is 45.4 Å². The van der Waals surface area contributed by atoms with Crippen molar-refractivity contribution in [3.8, 4) is 17.4 Å². The number of anilines is 1. The number of carbonyl (C=O) groups is 2. The van der Waals surface area contributed by atoms with Gasteiger partial charge in [-0.1, -0.05) is 6.07 Å². The molecule has 1 aromatic heterocycles. The summed E-state index contributed by atoms with van der Waals surface area (Å²) in [6.45, 7) is 3.97. The zero-order valence-corrected chi connectivity index (χ0v) is 19.7. The van der Waals surface area contributed by atoms with Gasteiger partial charge in [0.15, 0.2) is 11.5 Å². The SMILES string of the molecule is COc1nn(C)cc1C(=O)Nc1ccc(C(=O)N2CCN(Cc3ccc4c(c3)OCO4)CC2)cc1. The van der Waals surface area contributed by atoms with Crippen LogP contribution in [0.15, 0.2) is 48.7 Å². The minimum atomic E-state index is -0.326. The number of carbonyl (C=O) groups excluding carboxylic acids is 2. The number of benzene rings is 2. The van der Waals surface area contributed by atoms with Crippen LogP contribution in [0.1, 0.15) is 26.3 Å². The molecule has 3 aromatic rings. The highest BCUT2D eigenvalue weighted by Gasteiger charge is 2.23. The molecule has 1 N–H and O–H groups in total. The summed E-state index contributed by atoms with van der Waals surface area (Å²) in [4.78, 5) is 29.7. The number of rotatable bonds is 6. The number of aromatic nitrogens is 2. The predicted molar refractivity (Wildman–Crippen MR) is 128 cm³/mol. The Labute approximate surface area is 203 Å². The average Bonchev–Trinajstić information content (AvgIpc) is 3.50. The van der Waals surface area contributed by atoms with E-state index in [2.05, 4.69) is 21.4 Å². The van der Waals surface area contributed by atoms with Crippen LogP contribution in [0.25, 0.3) is 0 Å². The minimum absolute atomic E-state index is 0.0143. The molecule has 2 amide bonds. The van der Waals surface area contributed by atoms with Gasteiger partial charge in [-0.3, -0.25) is 19.2 Å². The van der Waals surface area contributed by atoms with E-state index in [1.54, 1.807) is 37.5 Å². The zero-order chi connectivity index (χ0) is 24.4. The standard InChI is InChI=1S/C25H27N5O5/c1-28-15-20(24(27-28)33-2)23(31)26-19-6-4-18(5-7-19)25(32)30-11-9-29(10-12-30)14-17-3-8-21-22(13-17)35-16-34-21/h3-8,13,15H,9-12,14,16H2,1-2H3,(H,26,31). The molecule has 2 aliphatic heterocycles. The van der Waals surface area contributed by atoms with E-state index < -0.39 is 0 Å². The van der Waals surface area contributed by atoms with Crippen LogP contribution < -0.4 is 19.5 Å². The van der Waals surface area contributed by atoms with E-state index in [-0.39, 0.29) is 24.5 Å². The van der Waals surface area contributed by atoms with Crippen LogP contribution in [0.5, 0.6) is 17.4 Å². The monoisotopic (exact) mass is 477 g/mol. The number of aryl methyl sites for hydroxylation is 1. The van der Waals surface area contributed by atoms with Crippen molar-refractivity contribution in [1.29, 1.82) is 0 Å².